The van der Waals surface area contributed by atoms with Crippen LogP contribution in [0.25, 0.3) is 0 Å². The first-order valence-corrected chi connectivity index (χ1v) is 7.84. The molecule has 1 aliphatic rings. The lowest BCUT2D eigenvalue weighted by Gasteiger charge is -2.28. The highest BCUT2D eigenvalue weighted by Crippen LogP contribution is 2.37. The van der Waals surface area contributed by atoms with Gasteiger partial charge in [0.25, 0.3) is 0 Å². The Morgan fingerprint density at radius 1 is 1.42 bits per heavy atom. The first-order chi connectivity index (χ1) is 8.80. The molecule has 1 aromatic rings. The van der Waals surface area contributed by atoms with Crippen LogP contribution in [0, 0.1) is 11.3 Å². The van der Waals surface area contributed by atoms with Gasteiger partial charge < -0.3 is 10.6 Å². The lowest BCUT2D eigenvalue weighted by atomic mass is 9.80. The molecule has 1 unspecified atom stereocenters. The van der Waals surface area contributed by atoms with Crippen LogP contribution in [-0.2, 0) is 0 Å². The molecule has 2 nitrogen and oxygen atoms in total. The Kier molecular flexibility index (Phi) is 4.21. The van der Waals surface area contributed by atoms with E-state index >= 15 is 0 Å². The number of hydrogen-bond donors (Lipinski definition) is 1. The van der Waals surface area contributed by atoms with Gasteiger partial charge in [-0.2, -0.15) is 0 Å². The lowest BCUT2D eigenvalue weighted by molar-refractivity contribution is 0.263. The highest BCUT2D eigenvalue weighted by molar-refractivity contribution is 9.10. The molecule has 1 aliphatic heterocycles. The van der Waals surface area contributed by atoms with Crippen molar-refractivity contribution in [3.8, 4) is 0 Å². The standard InChI is InChI=1S/C15H21BrN2S/c1-15(2,3)10-7-8-18(9-10)12-6-4-5-11(16)13(12)14(17)19/h4-6,10H,7-9H2,1-3H3,(H2,17,19). The Hall–Kier alpha value is -0.610. The van der Waals surface area contributed by atoms with E-state index in [1.807, 2.05) is 12.1 Å². The zero-order valence-electron chi connectivity index (χ0n) is 11.7. The van der Waals surface area contributed by atoms with Gasteiger partial charge in [0.2, 0.25) is 0 Å². The molecule has 0 bridgehead atoms. The summed E-state index contributed by atoms with van der Waals surface area (Å²) in [6.07, 6.45) is 1.23. The van der Waals surface area contributed by atoms with Crippen LogP contribution in [-0.4, -0.2) is 18.1 Å². The fourth-order valence-corrected chi connectivity index (χ4v) is 3.62. The smallest absolute Gasteiger partial charge is 0.107 e. The molecule has 0 saturated carbocycles. The molecule has 0 amide bonds. The molecular weight excluding hydrogens is 320 g/mol. The van der Waals surface area contributed by atoms with Gasteiger partial charge in [-0.15, -0.1) is 0 Å². The zero-order valence-corrected chi connectivity index (χ0v) is 14.1. The van der Waals surface area contributed by atoms with E-state index in [4.69, 9.17) is 18.0 Å². The van der Waals surface area contributed by atoms with Crippen molar-refractivity contribution in [3.05, 3.63) is 28.2 Å². The largest absolute Gasteiger partial charge is 0.389 e. The van der Waals surface area contributed by atoms with Gasteiger partial charge in [0.15, 0.2) is 0 Å². The van der Waals surface area contributed by atoms with Crippen LogP contribution < -0.4 is 10.6 Å². The molecule has 0 radical (unpaired) electrons. The van der Waals surface area contributed by atoms with Gasteiger partial charge in [-0.1, -0.05) is 39.1 Å². The molecule has 19 heavy (non-hydrogen) atoms. The van der Waals surface area contributed by atoms with Gasteiger partial charge in [0.05, 0.1) is 0 Å². The Labute approximate surface area is 129 Å². The molecule has 0 aliphatic carbocycles. The number of hydrogen-bond acceptors (Lipinski definition) is 2. The summed E-state index contributed by atoms with van der Waals surface area (Å²) in [5, 5.41) is 0. The quantitative estimate of drug-likeness (QED) is 0.826. The second kappa shape index (κ2) is 5.41. The predicted molar refractivity (Wildman–Crippen MR) is 89.8 cm³/mol. The minimum Gasteiger partial charge on any atom is -0.389 e. The molecule has 0 aromatic heterocycles. The third kappa shape index (κ3) is 3.11. The third-order valence-corrected chi connectivity index (χ3v) is 4.86. The Bertz CT molecular complexity index is 493. The predicted octanol–water partition coefficient (Wildman–Crippen LogP) is 3.96. The Morgan fingerprint density at radius 2 is 2.11 bits per heavy atom. The summed E-state index contributed by atoms with van der Waals surface area (Å²) in [4.78, 5) is 2.87. The van der Waals surface area contributed by atoms with E-state index in [1.165, 1.54) is 6.42 Å². The van der Waals surface area contributed by atoms with E-state index in [-0.39, 0.29) is 0 Å². The molecule has 1 saturated heterocycles. The summed E-state index contributed by atoms with van der Waals surface area (Å²) in [7, 11) is 0. The summed E-state index contributed by atoms with van der Waals surface area (Å²) < 4.78 is 0.983. The van der Waals surface area contributed by atoms with Crippen LogP contribution in [0.3, 0.4) is 0 Å². The number of anilines is 1. The molecule has 2 N–H and O–H groups in total. The van der Waals surface area contributed by atoms with Gasteiger partial charge in [0.1, 0.15) is 4.99 Å². The van der Waals surface area contributed by atoms with Gasteiger partial charge in [-0.25, -0.2) is 0 Å². The maximum Gasteiger partial charge on any atom is 0.107 e. The number of thiocarbonyl (C=S) groups is 1. The maximum atomic E-state index is 5.88. The average molecular weight is 341 g/mol. The SMILES string of the molecule is CC(C)(C)C1CCN(c2cccc(Br)c2C(N)=S)C1. The first kappa shape index (κ1) is 14.8. The normalized spacial score (nSPS) is 19.8. The van der Waals surface area contributed by atoms with Crippen molar-refractivity contribution in [2.24, 2.45) is 17.1 Å². The fourth-order valence-electron chi connectivity index (χ4n) is 2.71. The van der Waals surface area contributed by atoms with Crippen LogP contribution in [0.4, 0.5) is 5.69 Å². The van der Waals surface area contributed by atoms with Crippen molar-refractivity contribution in [1.29, 1.82) is 0 Å². The number of nitrogens with two attached hydrogens (primary N) is 1. The lowest BCUT2D eigenvalue weighted by Crippen LogP contribution is -2.27. The van der Waals surface area contributed by atoms with E-state index in [9.17, 15) is 0 Å². The number of rotatable bonds is 2. The van der Waals surface area contributed by atoms with Crippen molar-refractivity contribution in [3.63, 3.8) is 0 Å². The summed E-state index contributed by atoms with van der Waals surface area (Å²) >= 11 is 8.75. The van der Waals surface area contributed by atoms with Crippen molar-refractivity contribution in [2.45, 2.75) is 27.2 Å². The summed E-state index contributed by atoms with van der Waals surface area (Å²) in [5.74, 6) is 0.714. The molecule has 0 spiro atoms. The highest BCUT2D eigenvalue weighted by Gasteiger charge is 2.32. The van der Waals surface area contributed by atoms with Crippen LogP contribution in [0.15, 0.2) is 22.7 Å². The minimum atomic E-state index is 0.351. The highest BCUT2D eigenvalue weighted by atomic mass is 79.9. The van der Waals surface area contributed by atoms with Crippen LogP contribution in [0.2, 0.25) is 0 Å². The van der Waals surface area contributed by atoms with E-state index in [1.54, 1.807) is 0 Å². The van der Waals surface area contributed by atoms with Crippen LogP contribution in [0.1, 0.15) is 32.8 Å². The number of halogens is 1. The first-order valence-electron chi connectivity index (χ1n) is 6.64. The van der Waals surface area contributed by atoms with Crippen LogP contribution in [0.5, 0.6) is 0 Å². The minimum absolute atomic E-state index is 0.351. The molecule has 2 rings (SSSR count). The van der Waals surface area contributed by atoms with E-state index in [2.05, 4.69) is 47.7 Å². The van der Waals surface area contributed by atoms with E-state index in [0.717, 1.165) is 28.8 Å². The van der Waals surface area contributed by atoms with Gasteiger partial charge in [-0.05, 0) is 45.8 Å². The van der Waals surface area contributed by atoms with E-state index < -0.39 is 0 Å². The third-order valence-electron chi connectivity index (χ3n) is 3.99. The maximum absolute atomic E-state index is 5.88. The fraction of sp³-hybridized carbons (Fsp3) is 0.533. The topological polar surface area (TPSA) is 29.3 Å². The van der Waals surface area contributed by atoms with Crippen molar-refractivity contribution in [1.82, 2.24) is 0 Å². The number of benzene rings is 1. The van der Waals surface area contributed by atoms with Crippen molar-refractivity contribution >= 4 is 38.8 Å². The zero-order chi connectivity index (χ0) is 14.2. The molecular formula is C15H21BrN2S. The molecule has 1 heterocycles. The summed E-state index contributed by atoms with van der Waals surface area (Å²) in [6.45, 7) is 9.10. The Morgan fingerprint density at radius 3 is 2.63 bits per heavy atom. The van der Waals surface area contributed by atoms with Crippen molar-refractivity contribution in [2.75, 3.05) is 18.0 Å². The molecule has 4 heteroatoms. The van der Waals surface area contributed by atoms with E-state index in [0.29, 0.717) is 16.3 Å². The van der Waals surface area contributed by atoms with Crippen molar-refractivity contribution < 1.29 is 0 Å². The summed E-state index contributed by atoms with van der Waals surface area (Å²) in [6, 6.07) is 6.16. The molecule has 1 fully saturated rings. The van der Waals surface area contributed by atoms with Gasteiger partial charge >= 0.3 is 0 Å². The second-order valence-electron chi connectivity index (χ2n) is 6.30. The average Bonchev–Trinajstić information content (AvgIpc) is 2.76. The molecule has 1 aromatic carbocycles. The summed E-state index contributed by atoms with van der Waals surface area (Å²) in [5.41, 5.74) is 8.36. The van der Waals surface area contributed by atoms with Crippen LogP contribution >= 0.6 is 28.1 Å². The molecule has 1 atom stereocenters. The Balaban J connectivity index is 2.30. The monoisotopic (exact) mass is 340 g/mol. The second-order valence-corrected chi connectivity index (χ2v) is 7.59. The number of nitrogens with zero attached hydrogens (tertiary/aromatic N) is 1. The van der Waals surface area contributed by atoms with Gasteiger partial charge in [0, 0.05) is 28.8 Å². The molecule has 104 valence electrons. The van der Waals surface area contributed by atoms with Gasteiger partial charge in [-0.3, -0.25) is 0 Å².